The van der Waals surface area contributed by atoms with E-state index in [0.717, 1.165) is 38.5 Å². The highest BCUT2D eigenvalue weighted by Gasteiger charge is 2.19. The van der Waals surface area contributed by atoms with Crippen molar-refractivity contribution in [2.75, 3.05) is 13.2 Å². The fourth-order valence-electron chi connectivity index (χ4n) is 2.40. The Labute approximate surface area is 145 Å². The molecule has 1 atom stereocenters. The van der Waals surface area contributed by atoms with Gasteiger partial charge in [-0.25, -0.2) is 9.59 Å². The van der Waals surface area contributed by atoms with Gasteiger partial charge in [-0.05, 0) is 30.9 Å². The van der Waals surface area contributed by atoms with Gasteiger partial charge < -0.3 is 9.47 Å². The second-order valence-electron chi connectivity index (χ2n) is 6.05. The second kappa shape index (κ2) is 11.7. The van der Waals surface area contributed by atoms with E-state index in [9.17, 15) is 9.59 Å². The molecule has 134 valence electrons. The highest BCUT2D eigenvalue weighted by molar-refractivity contribution is 6.03. The van der Waals surface area contributed by atoms with E-state index in [-0.39, 0.29) is 11.1 Å². The van der Waals surface area contributed by atoms with Crippen LogP contribution in [0, 0.1) is 5.92 Å². The van der Waals surface area contributed by atoms with Crippen LogP contribution in [0.15, 0.2) is 24.3 Å². The number of unbranched alkanes of at least 4 members (excludes halogenated alkanes) is 2. The molecule has 0 amide bonds. The molecule has 0 fully saturated rings. The van der Waals surface area contributed by atoms with E-state index in [4.69, 9.17) is 9.47 Å². The fourth-order valence-corrected chi connectivity index (χ4v) is 2.40. The summed E-state index contributed by atoms with van der Waals surface area (Å²) in [4.78, 5) is 24.5. The van der Waals surface area contributed by atoms with Gasteiger partial charge in [0.05, 0.1) is 24.3 Å². The summed E-state index contributed by atoms with van der Waals surface area (Å²) in [6.07, 6.45) is 6.07. The molecule has 0 saturated carbocycles. The normalized spacial score (nSPS) is 11.8. The van der Waals surface area contributed by atoms with Gasteiger partial charge in [-0.1, -0.05) is 58.6 Å². The Balaban J connectivity index is 2.68. The van der Waals surface area contributed by atoms with Crippen LogP contribution in [0.5, 0.6) is 0 Å². The number of hydrogen-bond acceptors (Lipinski definition) is 4. The third-order valence-electron chi connectivity index (χ3n) is 4.09. The van der Waals surface area contributed by atoms with Crippen molar-refractivity contribution >= 4 is 11.9 Å². The molecule has 0 saturated heterocycles. The molecule has 0 N–H and O–H groups in total. The fraction of sp³-hybridized carbons (Fsp3) is 0.600. The van der Waals surface area contributed by atoms with Gasteiger partial charge >= 0.3 is 11.9 Å². The lowest BCUT2D eigenvalue weighted by Crippen LogP contribution is -2.17. The van der Waals surface area contributed by atoms with E-state index in [1.54, 1.807) is 24.3 Å². The van der Waals surface area contributed by atoms with Crippen molar-refractivity contribution in [2.45, 2.75) is 59.3 Å². The van der Waals surface area contributed by atoms with Crippen LogP contribution >= 0.6 is 0 Å². The highest BCUT2D eigenvalue weighted by atomic mass is 16.5. The van der Waals surface area contributed by atoms with Gasteiger partial charge in [0, 0.05) is 0 Å². The lowest BCUT2D eigenvalue weighted by molar-refractivity contribution is 0.0405. The van der Waals surface area contributed by atoms with E-state index < -0.39 is 11.9 Å². The Morgan fingerprint density at radius 1 is 0.917 bits per heavy atom. The molecule has 1 unspecified atom stereocenters. The van der Waals surface area contributed by atoms with E-state index >= 15 is 0 Å². The number of esters is 2. The summed E-state index contributed by atoms with van der Waals surface area (Å²) >= 11 is 0. The van der Waals surface area contributed by atoms with Crippen LogP contribution < -0.4 is 0 Å². The summed E-state index contributed by atoms with van der Waals surface area (Å²) in [6, 6.07) is 6.68. The van der Waals surface area contributed by atoms with Crippen LogP contribution in [0.25, 0.3) is 0 Å². The first-order valence-electron chi connectivity index (χ1n) is 9.07. The zero-order valence-electron chi connectivity index (χ0n) is 15.2. The number of ether oxygens (including phenoxy) is 2. The van der Waals surface area contributed by atoms with Crippen molar-refractivity contribution < 1.29 is 19.1 Å². The molecule has 0 aliphatic rings. The van der Waals surface area contributed by atoms with Crippen LogP contribution in [-0.2, 0) is 9.47 Å². The first kappa shape index (κ1) is 20.2. The molecule has 0 bridgehead atoms. The molecule has 0 aliphatic heterocycles. The van der Waals surface area contributed by atoms with Crippen molar-refractivity contribution in [3.05, 3.63) is 35.4 Å². The monoisotopic (exact) mass is 334 g/mol. The lowest BCUT2D eigenvalue weighted by atomic mass is 10.0. The minimum absolute atomic E-state index is 0.278. The van der Waals surface area contributed by atoms with Gasteiger partial charge in [-0.15, -0.1) is 0 Å². The largest absolute Gasteiger partial charge is 0.462 e. The third kappa shape index (κ3) is 6.73. The molecule has 24 heavy (non-hydrogen) atoms. The van der Waals surface area contributed by atoms with E-state index in [0.29, 0.717) is 19.1 Å². The number of carbonyl (C=O) groups excluding carboxylic acids is 2. The van der Waals surface area contributed by atoms with Gasteiger partial charge in [0.25, 0.3) is 0 Å². The molecule has 0 radical (unpaired) electrons. The SMILES string of the molecule is CCCCOC(=O)c1ccccc1C(=O)OCC(CC)CCCC. The van der Waals surface area contributed by atoms with Crippen LogP contribution in [0.2, 0.25) is 0 Å². The van der Waals surface area contributed by atoms with Gasteiger partial charge in [-0.3, -0.25) is 0 Å². The number of hydrogen-bond donors (Lipinski definition) is 0. The Kier molecular flexibility index (Phi) is 9.81. The quantitative estimate of drug-likeness (QED) is 0.421. The molecular weight excluding hydrogens is 304 g/mol. The standard InChI is InChI=1S/C20H30O4/c1-4-7-11-16(6-3)15-24-20(22)18-13-10-9-12-17(18)19(21)23-14-8-5-2/h9-10,12-13,16H,4-8,11,14-15H2,1-3H3. The average Bonchev–Trinajstić information content (AvgIpc) is 2.61. The lowest BCUT2D eigenvalue weighted by Gasteiger charge is -2.15. The molecule has 0 heterocycles. The van der Waals surface area contributed by atoms with Gasteiger partial charge in [-0.2, -0.15) is 0 Å². The molecule has 0 aromatic heterocycles. The maximum Gasteiger partial charge on any atom is 0.339 e. The van der Waals surface area contributed by atoms with Crippen molar-refractivity contribution in [2.24, 2.45) is 5.92 Å². The first-order chi connectivity index (χ1) is 11.6. The minimum Gasteiger partial charge on any atom is -0.462 e. The Morgan fingerprint density at radius 2 is 1.50 bits per heavy atom. The summed E-state index contributed by atoms with van der Waals surface area (Å²) < 4.78 is 10.7. The van der Waals surface area contributed by atoms with Gasteiger partial charge in [0.15, 0.2) is 0 Å². The Hall–Kier alpha value is -1.84. The molecule has 1 aromatic carbocycles. The molecule has 0 spiro atoms. The molecule has 1 rings (SSSR count). The van der Waals surface area contributed by atoms with E-state index in [1.807, 2.05) is 6.92 Å². The van der Waals surface area contributed by atoms with Crippen molar-refractivity contribution in [3.8, 4) is 0 Å². The predicted octanol–water partition coefficient (Wildman–Crippen LogP) is 5.02. The highest BCUT2D eigenvalue weighted by Crippen LogP contribution is 2.16. The predicted molar refractivity (Wildman–Crippen MR) is 95.2 cm³/mol. The van der Waals surface area contributed by atoms with Crippen LogP contribution in [0.1, 0.15) is 80.0 Å². The maximum atomic E-state index is 12.4. The summed E-state index contributed by atoms with van der Waals surface area (Å²) in [5.41, 5.74) is 0.560. The minimum atomic E-state index is -0.464. The average molecular weight is 334 g/mol. The zero-order valence-corrected chi connectivity index (χ0v) is 15.2. The summed E-state index contributed by atoms with van der Waals surface area (Å²) in [5, 5.41) is 0. The Morgan fingerprint density at radius 3 is 2.04 bits per heavy atom. The number of benzene rings is 1. The molecule has 4 nitrogen and oxygen atoms in total. The van der Waals surface area contributed by atoms with Crippen molar-refractivity contribution in [1.29, 1.82) is 0 Å². The smallest absolute Gasteiger partial charge is 0.339 e. The van der Waals surface area contributed by atoms with Crippen molar-refractivity contribution in [3.63, 3.8) is 0 Å². The van der Waals surface area contributed by atoms with E-state index in [2.05, 4.69) is 13.8 Å². The van der Waals surface area contributed by atoms with Gasteiger partial charge in [0.2, 0.25) is 0 Å². The van der Waals surface area contributed by atoms with Crippen LogP contribution in [-0.4, -0.2) is 25.2 Å². The second-order valence-corrected chi connectivity index (χ2v) is 6.05. The summed E-state index contributed by atoms with van der Waals surface area (Å²) in [6.45, 7) is 7.05. The topological polar surface area (TPSA) is 52.6 Å². The van der Waals surface area contributed by atoms with Crippen LogP contribution in [0.4, 0.5) is 0 Å². The van der Waals surface area contributed by atoms with Crippen LogP contribution in [0.3, 0.4) is 0 Å². The molecular formula is C20H30O4. The number of carbonyl (C=O) groups is 2. The van der Waals surface area contributed by atoms with E-state index in [1.165, 1.54) is 0 Å². The summed E-state index contributed by atoms with van der Waals surface area (Å²) in [5.74, 6) is -0.542. The molecule has 4 heteroatoms. The van der Waals surface area contributed by atoms with Crippen molar-refractivity contribution in [1.82, 2.24) is 0 Å². The maximum absolute atomic E-state index is 12.4. The number of rotatable bonds is 11. The zero-order chi connectivity index (χ0) is 17.8. The first-order valence-corrected chi connectivity index (χ1v) is 9.07. The Bertz CT molecular complexity index is 510. The third-order valence-corrected chi connectivity index (χ3v) is 4.09. The van der Waals surface area contributed by atoms with Gasteiger partial charge in [0.1, 0.15) is 0 Å². The molecule has 1 aromatic rings. The molecule has 0 aliphatic carbocycles. The summed E-state index contributed by atoms with van der Waals surface area (Å²) in [7, 11) is 0.